The number of furan rings is 1. The van der Waals surface area contributed by atoms with E-state index in [1.807, 2.05) is 41.0 Å². The summed E-state index contributed by atoms with van der Waals surface area (Å²) < 4.78 is 54.9. The Morgan fingerprint density at radius 1 is 0.142 bits per heavy atom. The van der Waals surface area contributed by atoms with Crippen LogP contribution in [-0.2, 0) is 0 Å². The van der Waals surface area contributed by atoms with Gasteiger partial charge in [0.2, 0.25) is 0 Å². The molecule has 7 aromatic heterocycles. The first-order valence-electron chi connectivity index (χ1n) is 50.2. The fourth-order valence-corrected chi connectivity index (χ4v) is 32.8. The van der Waals surface area contributed by atoms with Gasteiger partial charge in [-0.15, -0.1) is 0 Å². The molecule has 0 spiro atoms. The SMILES string of the molecule is [2H]c1c([2H])c([2H])c2c(c1[2H])c1ccccc1n2-c1ccc2c(c1)c1ccccc1n2-c1cccc([Si](c2ccccc2)(c2ccccc2)c2ccccc2)c1.c1ccc([Si](c2ccccc2)(c2ccccc2)c2cccc(-n3c4ccccc4c4cc(-n5c6ccccc6c6ccccc65)ccc43)c2)cc1.c1ccc2c(c1)oc1ccc(-n3c4ccccc4c4cc(-n5c6ccccc6c6ccccc65)ccc43)cc12. The molecule has 0 atom stereocenters. The first-order chi connectivity index (χ1) is 71.6. The lowest BCUT2D eigenvalue weighted by Gasteiger charge is -2.34. The Kier molecular flexibility index (Phi) is 18.8. The average molecular weight is 1840 g/mol. The highest BCUT2D eigenvalue weighted by Gasteiger charge is 2.44. The van der Waals surface area contributed by atoms with E-state index in [0.717, 1.165) is 71.7 Å². The minimum absolute atomic E-state index is 0.0235. The van der Waals surface area contributed by atoms with E-state index < -0.39 is 16.1 Å². The molecule has 0 bridgehead atoms. The number of nitrogens with zero attached hydrogens (tertiary/aromatic N) is 6. The van der Waals surface area contributed by atoms with Crippen molar-refractivity contribution in [3.8, 4) is 34.1 Å². The smallest absolute Gasteiger partial charge is 0.179 e. The Labute approximate surface area is 821 Å². The van der Waals surface area contributed by atoms with Crippen LogP contribution in [0.15, 0.2) is 550 Å². The summed E-state index contributed by atoms with van der Waals surface area (Å²) in [6.45, 7) is 0. The van der Waals surface area contributed by atoms with Gasteiger partial charge in [-0.2, -0.15) is 0 Å². The van der Waals surface area contributed by atoms with E-state index in [4.69, 9.17) is 9.90 Å². The number of aromatic nitrogens is 6. The molecule has 0 amide bonds. The molecular formula is C132H90N6OSi2. The normalized spacial score (nSPS) is 12.4. The fraction of sp³-hybridized carbons (Fsp3) is 0. The summed E-state index contributed by atoms with van der Waals surface area (Å²) in [6.07, 6.45) is 0. The maximum atomic E-state index is 9.00. The van der Waals surface area contributed by atoms with Gasteiger partial charge in [-0.1, -0.05) is 388 Å². The minimum atomic E-state index is -2.77. The van der Waals surface area contributed by atoms with Crippen LogP contribution in [0.3, 0.4) is 0 Å². The highest BCUT2D eigenvalue weighted by Crippen LogP contribution is 2.43. The van der Waals surface area contributed by atoms with Crippen LogP contribution in [0, 0.1) is 0 Å². The van der Waals surface area contributed by atoms with E-state index in [2.05, 4.69) is 508 Å². The number of fused-ring (bicyclic) bond motifs is 21. The van der Waals surface area contributed by atoms with Crippen molar-refractivity contribution in [1.29, 1.82) is 0 Å². The van der Waals surface area contributed by atoms with Crippen LogP contribution in [0.5, 0.6) is 0 Å². The maximum Gasteiger partial charge on any atom is 0.179 e. The van der Waals surface area contributed by atoms with Crippen LogP contribution < -0.4 is 41.5 Å². The van der Waals surface area contributed by atoms with E-state index in [9.17, 15) is 0 Å². The quantitative estimate of drug-likeness (QED) is 0.0790. The van der Waals surface area contributed by atoms with E-state index in [1.54, 1.807) is 0 Å². The number of rotatable bonds is 14. The average Bonchev–Trinajstić information content (AvgIpc) is 1.67. The van der Waals surface area contributed by atoms with Crippen molar-refractivity contribution in [2.75, 3.05) is 0 Å². The van der Waals surface area contributed by atoms with Gasteiger partial charge in [0.1, 0.15) is 11.2 Å². The summed E-state index contributed by atoms with van der Waals surface area (Å²) >= 11 is 0. The summed E-state index contributed by atoms with van der Waals surface area (Å²) in [5.74, 6) is 0. The molecule has 29 rings (SSSR count). The molecule has 7 nitrogen and oxygen atoms in total. The van der Waals surface area contributed by atoms with Gasteiger partial charge in [0.15, 0.2) is 16.1 Å². The van der Waals surface area contributed by atoms with Gasteiger partial charge < -0.3 is 31.8 Å². The number of hydrogen-bond acceptors (Lipinski definition) is 1. The Hall–Kier alpha value is -18.1. The third kappa shape index (κ3) is 13.2. The summed E-state index contributed by atoms with van der Waals surface area (Å²) in [5.41, 5.74) is 21.5. The van der Waals surface area contributed by atoms with Gasteiger partial charge in [-0.3, -0.25) is 0 Å². The van der Waals surface area contributed by atoms with Gasteiger partial charge in [0.05, 0.1) is 71.7 Å². The Morgan fingerprint density at radius 3 is 0.667 bits per heavy atom. The highest BCUT2D eigenvalue weighted by molar-refractivity contribution is 7.20. The molecule has 0 saturated carbocycles. The Balaban J connectivity index is 0.000000109. The zero-order valence-corrected chi connectivity index (χ0v) is 78.7. The second kappa shape index (κ2) is 34.0. The number of para-hydroxylation sites is 10. The molecule has 662 valence electrons. The summed E-state index contributed by atoms with van der Waals surface area (Å²) in [7, 11) is -5.47. The number of hydrogen-bond donors (Lipinski definition) is 0. The first kappa shape index (κ1) is 78.1. The summed E-state index contributed by atoms with van der Waals surface area (Å²) in [4.78, 5) is 0. The van der Waals surface area contributed by atoms with E-state index in [1.165, 1.54) is 146 Å². The van der Waals surface area contributed by atoms with Crippen LogP contribution in [0.25, 0.3) is 187 Å². The Bertz CT molecular complexity index is 9870. The van der Waals surface area contributed by atoms with Crippen LogP contribution in [0.1, 0.15) is 5.48 Å². The molecule has 0 unspecified atom stereocenters. The van der Waals surface area contributed by atoms with Crippen molar-refractivity contribution in [2.45, 2.75) is 0 Å². The molecule has 0 aliphatic carbocycles. The maximum absolute atomic E-state index is 9.00. The molecule has 0 aliphatic rings. The van der Waals surface area contributed by atoms with Gasteiger partial charge in [-0.25, -0.2) is 0 Å². The van der Waals surface area contributed by atoms with Crippen molar-refractivity contribution in [3.63, 3.8) is 0 Å². The second-order valence-corrected chi connectivity index (χ2v) is 44.2. The second-order valence-electron chi connectivity index (χ2n) is 36.6. The zero-order chi connectivity index (χ0) is 96.5. The molecule has 0 aliphatic heterocycles. The first-order valence-corrected chi connectivity index (χ1v) is 52.2. The van der Waals surface area contributed by atoms with Crippen LogP contribution >= 0.6 is 0 Å². The van der Waals surface area contributed by atoms with Crippen LogP contribution in [0.2, 0.25) is 0 Å². The molecule has 141 heavy (non-hydrogen) atoms. The molecule has 0 saturated heterocycles. The molecule has 22 aromatic carbocycles. The van der Waals surface area contributed by atoms with Gasteiger partial charge in [0, 0.05) is 110 Å². The van der Waals surface area contributed by atoms with Crippen LogP contribution in [-0.4, -0.2) is 43.6 Å². The minimum Gasteiger partial charge on any atom is -0.456 e. The van der Waals surface area contributed by atoms with Crippen molar-refractivity contribution < 1.29 is 9.90 Å². The summed E-state index contributed by atoms with van der Waals surface area (Å²) in [5, 5.41) is 26.6. The molecule has 0 radical (unpaired) electrons. The van der Waals surface area contributed by atoms with E-state index in [0.29, 0.717) is 10.9 Å². The monoisotopic (exact) mass is 1830 g/mol. The third-order valence-electron chi connectivity index (χ3n) is 29.1. The molecule has 7 heterocycles. The third-order valence-corrected chi connectivity index (χ3v) is 38.7. The number of benzene rings is 22. The van der Waals surface area contributed by atoms with E-state index in [-0.39, 0.29) is 24.2 Å². The van der Waals surface area contributed by atoms with Gasteiger partial charge in [-0.05, 0) is 199 Å². The highest BCUT2D eigenvalue weighted by atomic mass is 28.3. The standard InChI is InChI=1S/2C48H34N2Si.C36H22N2O/c2*1-4-18-37(19-5-1)51(38-20-6-2-7-21-38,39-22-8-3-9-23-39)40-24-16-17-35(33-40)49-47-30-15-12-27-43(47)44-34-36(31-32-48(44)49)50-45-28-13-10-25-41(45)42-26-11-14-29-46(42)50;1-5-13-31-25(9-1)26-10-2-6-14-32(26)37(31)23-17-19-34-29(21-23)27-11-3-7-15-33(27)38(34)24-18-20-36-30(22-24)28-12-4-8-16-35(28)39-36/h2*1-34H;1-22H/i10D,13D,25D,28D;;. The van der Waals surface area contributed by atoms with Gasteiger partial charge in [0.25, 0.3) is 0 Å². The fourth-order valence-electron chi connectivity index (χ4n) is 23.2. The zero-order valence-electron chi connectivity index (χ0n) is 80.7. The predicted molar refractivity (Wildman–Crippen MR) is 600 cm³/mol. The lowest BCUT2D eigenvalue weighted by atomic mass is 10.1. The lowest BCUT2D eigenvalue weighted by Crippen LogP contribution is -2.74. The molecule has 29 aromatic rings. The van der Waals surface area contributed by atoms with Crippen molar-refractivity contribution in [2.24, 2.45) is 0 Å². The molecule has 0 N–H and O–H groups in total. The topological polar surface area (TPSA) is 42.7 Å². The van der Waals surface area contributed by atoms with Crippen molar-refractivity contribution in [1.82, 2.24) is 27.4 Å². The van der Waals surface area contributed by atoms with E-state index >= 15 is 0 Å². The lowest BCUT2D eigenvalue weighted by molar-refractivity contribution is 0.669. The molecule has 0 fully saturated rings. The van der Waals surface area contributed by atoms with Crippen molar-refractivity contribution in [3.05, 3.63) is 546 Å². The molecular weight excluding hydrogens is 1740 g/mol. The molecule has 9 heteroatoms. The largest absolute Gasteiger partial charge is 0.456 e. The Morgan fingerprint density at radius 2 is 0.355 bits per heavy atom. The van der Waals surface area contributed by atoms with Crippen molar-refractivity contribution >= 4 is 210 Å². The predicted octanol–water partition coefficient (Wildman–Crippen LogP) is 28.3. The van der Waals surface area contributed by atoms with Gasteiger partial charge >= 0.3 is 0 Å². The summed E-state index contributed by atoms with van der Waals surface area (Å²) in [6, 6.07) is 188. The van der Waals surface area contributed by atoms with Crippen LogP contribution in [0.4, 0.5) is 0 Å².